The van der Waals surface area contributed by atoms with Crippen LogP contribution in [-0.4, -0.2) is 31.0 Å². The van der Waals surface area contributed by atoms with E-state index in [1.54, 1.807) is 0 Å². The van der Waals surface area contributed by atoms with Gasteiger partial charge in [0.25, 0.3) is 0 Å². The molecule has 0 heterocycles. The summed E-state index contributed by atoms with van der Waals surface area (Å²) in [4.78, 5) is 0. The molecule has 0 amide bonds. The first-order valence-electron chi connectivity index (χ1n) is 5.57. The normalized spacial score (nSPS) is 15.1. The molecule has 2 atom stereocenters. The number of aliphatic hydroxyl groups is 1. The second kappa shape index (κ2) is 6.21. The molecule has 3 nitrogen and oxygen atoms in total. The molecule has 108 valence electrons. The summed E-state index contributed by atoms with van der Waals surface area (Å²) in [5.74, 6) is -0.260. The Labute approximate surface area is 108 Å². The van der Waals surface area contributed by atoms with Gasteiger partial charge in [-0.1, -0.05) is 6.07 Å². The van der Waals surface area contributed by atoms with Crippen molar-refractivity contribution in [2.45, 2.75) is 25.2 Å². The monoisotopic (exact) mass is 281 g/mol. The van der Waals surface area contributed by atoms with E-state index in [0.717, 1.165) is 6.07 Å². The summed E-state index contributed by atoms with van der Waals surface area (Å²) in [7, 11) is 1.38. The summed E-state index contributed by atoms with van der Waals surface area (Å²) in [5, 5.41) is 11.3. The van der Waals surface area contributed by atoms with E-state index in [0.29, 0.717) is 5.75 Å². The highest BCUT2D eigenvalue weighted by atomic mass is 19.4. The van der Waals surface area contributed by atoms with Gasteiger partial charge in [-0.3, -0.25) is 0 Å². The van der Waals surface area contributed by atoms with Crippen LogP contribution in [0.4, 0.5) is 17.6 Å². The predicted molar refractivity (Wildman–Crippen MR) is 61.4 cm³/mol. The van der Waals surface area contributed by atoms with Crippen molar-refractivity contribution >= 4 is 0 Å². The quantitative estimate of drug-likeness (QED) is 0.814. The molecular weight excluding hydrogens is 266 g/mol. The topological polar surface area (TPSA) is 41.5 Å². The number of nitrogens with one attached hydrogen (secondary N) is 1. The summed E-state index contributed by atoms with van der Waals surface area (Å²) in [6, 6.07) is 3.42. The van der Waals surface area contributed by atoms with Crippen LogP contribution in [0, 0.1) is 5.82 Å². The van der Waals surface area contributed by atoms with Gasteiger partial charge in [-0.2, -0.15) is 13.2 Å². The molecule has 1 aromatic carbocycles. The lowest BCUT2D eigenvalue weighted by atomic mass is 10.1. The number of halogens is 4. The molecule has 0 aliphatic rings. The van der Waals surface area contributed by atoms with E-state index in [9.17, 15) is 17.6 Å². The van der Waals surface area contributed by atoms with Crippen LogP contribution < -0.4 is 10.1 Å². The fourth-order valence-electron chi connectivity index (χ4n) is 1.50. The number of hydrogen-bond acceptors (Lipinski definition) is 3. The summed E-state index contributed by atoms with van der Waals surface area (Å²) < 4.78 is 54.8. The van der Waals surface area contributed by atoms with Gasteiger partial charge >= 0.3 is 6.18 Å². The molecule has 19 heavy (non-hydrogen) atoms. The van der Waals surface area contributed by atoms with Crippen molar-refractivity contribution in [1.82, 2.24) is 5.32 Å². The fraction of sp³-hybridized carbons (Fsp3) is 0.500. The third-order valence-corrected chi connectivity index (χ3v) is 2.67. The van der Waals surface area contributed by atoms with Crippen LogP contribution in [0.15, 0.2) is 18.2 Å². The van der Waals surface area contributed by atoms with E-state index in [2.05, 4.69) is 5.32 Å². The van der Waals surface area contributed by atoms with Gasteiger partial charge in [-0.05, 0) is 13.0 Å². The summed E-state index contributed by atoms with van der Waals surface area (Å²) in [6.45, 7) is 0.810. The van der Waals surface area contributed by atoms with E-state index >= 15 is 0 Å². The smallest absolute Gasteiger partial charge is 0.415 e. The van der Waals surface area contributed by atoms with Gasteiger partial charge in [-0.25, -0.2) is 4.39 Å². The Balaban J connectivity index is 2.66. The van der Waals surface area contributed by atoms with Gasteiger partial charge in [0, 0.05) is 24.2 Å². The molecule has 0 aliphatic carbocycles. The molecule has 0 saturated carbocycles. The molecule has 0 aromatic heterocycles. The van der Waals surface area contributed by atoms with Gasteiger partial charge in [0.15, 0.2) is 6.10 Å². The van der Waals surface area contributed by atoms with E-state index in [-0.39, 0.29) is 5.56 Å². The second-order valence-electron chi connectivity index (χ2n) is 4.07. The van der Waals surface area contributed by atoms with Crippen molar-refractivity contribution in [2.24, 2.45) is 0 Å². The molecule has 2 unspecified atom stereocenters. The maximum absolute atomic E-state index is 13.6. The zero-order valence-corrected chi connectivity index (χ0v) is 10.5. The Kier molecular flexibility index (Phi) is 5.13. The van der Waals surface area contributed by atoms with Gasteiger partial charge in [0.05, 0.1) is 7.11 Å². The molecule has 2 N–H and O–H groups in total. The Morgan fingerprint density at radius 3 is 2.47 bits per heavy atom. The van der Waals surface area contributed by atoms with Crippen LogP contribution in [-0.2, 0) is 0 Å². The molecule has 1 rings (SSSR count). The second-order valence-corrected chi connectivity index (χ2v) is 4.07. The zero-order valence-electron chi connectivity index (χ0n) is 10.5. The number of hydrogen-bond donors (Lipinski definition) is 2. The summed E-state index contributed by atoms with van der Waals surface area (Å²) in [5.41, 5.74) is 0.204. The minimum Gasteiger partial charge on any atom is -0.497 e. The number of rotatable bonds is 5. The maximum Gasteiger partial charge on any atom is 0.415 e. The lowest BCUT2D eigenvalue weighted by Crippen LogP contribution is -2.39. The van der Waals surface area contributed by atoms with Crippen LogP contribution >= 0.6 is 0 Å². The zero-order chi connectivity index (χ0) is 14.6. The average Bonchev–Trinajstić information content (AvgIpc) is 2.34. The van der Waals surface area contributed by atoms with Gasteiger partial charge in [-0.15, -0.1) is 0 Å². The van der Waals surface area contributed by atoms with E-state index in [4.69, 9.17) is 9.84 Å². The first kappa shape index (κ1) is 15.7. The highest BCUT2D eigenvalue weighted by molar-refractivity contribution is 5.30. The molecular formula is C12H15F4NO2. The number of alkyl halides is 3. The molecule has 0 fully saturated rings. The van der Waals surface area contributed by atoms with Gasteiger partial charge in [0.2, 0.25) is 0 Å². The molecule has 0 bridgehead atoms. The third kappa shape index (κ3) is 4.36. The van der Waals surface area contributed by atoms with E-state index < -0.39 is 30.7 Å². The van der Waals surface area contributed by atoms with E-state index in [1.165, 1.54) is 26.2 Å². The van der Waals surface area contributed by atoms with Crippen molar-refractivity contribution in [3.63, 3.8) is 0 Å². The number of ether oxygens (including phenoxy) is 1. The number of methoxy groups -OCH3 is 1. The largest absolute Gasteiger partial charge is 0.497 e. The SMILES string of the molecule is COc1ccc(C(C)NCC(O)C(F)(F)F)c(F)c1. The maximum atomic E-state index is 13.6. The lowest BCUT2D eigenvalue weighted by molar-refractivity contribution is -0.202. The molecule has 0 spiro atoms. The fourth-order valence-corrected chi connectivity index (χ4v) is 1.50. The van der Waals surface area contributed by atoms with Crippen LogP contribution in [0.2, 0.25) is 0 Å². The van der Waals surface area contributed by atoms with Crippen molar-refractivity contribution in [3.8, 4) is 5.75 Å². The van der Waals surface area contributed by atoms with Crippen LogP contribution in [0.3, 0.4) is 0 Å². The first-order valence-corrected chi connectivity index (χ1v) is 5.57. The highest BCUT2D eigenvalue weighted by Crippen LogP contribution is 2.23. The molecule has 0 saturated heterocycles. The summed E-state index contributed by atoms with van der Waals surface area (Å²) >= 11 is 0. The summed E-state index contributed by atoms with van der Waals surface area (Å²) in [6.07, 6.45) is -7.16. The Morgan fingerprint density at radius 2 is 2.00 bits per heavy atom. The Bertz CT molecular complexity index is 423. The highest BCUT2D eigenvalue weighted by Gasteiger charge is 2.38. The van der Waals surface area contributed by atoms with Crippen LogP contribution in [0.1, 0.15) is 18.5 Å². The molecule has 1 aromatic rings. The van der Waals surface area contributed by atoms with Crippen molar-refractivity contribution in [2.75, 3.05) is 13.7 Å². The predicted octanol–water partition coefficient (Wildman–Crippen LogP) is 2.41. The number of benzene rings is 1. The van der Waals surface area contributed by atoms with Crippen molar-refractivity contribution in [1.29, 1.82) is 0 Å². The molecule has 7 heteroatoms. The third-order valence-electron chi connectivity index (χ3n) is 2.67. The van der Waals surface area contributed by atoms with Gasteiger partial charge in [0.1, 0.15) is 11.6 Å². The first-order chi connectivity index (χ1) is 8.75. The minimum atomic E-state index is -4.69. The Morgan fingerprint density at radius 1 is 1.37 bits per heavy atom. The van der Waals surface area contributed by atoms with Gasteiger partial charge < -0.3 is 15.2 Å². The molecule has 0 radical (unpaired) electrons. The molecule has 0 aliphatic heterocycles. The average molecular weight is 281 g/mol. The number of aliphatic hydroxyl groups excluding tert-OH is 1. The standard InChI is InChI=1S/C12H15F4NO2/c1-7(17-6-11(18)12(14,15)16)9-4-3-8(19-2)5-10(9)13/h3-5,7,11,17-18H,6H2,1-2H3. The van der Waals surface area contributed by atoms with Crippen LogP contribution in [0.5, 0.6) is 5.75 Å². The van der Waals surface area contributed by atoms with Crippen molar-refractivity contribution in [3.05, 3.63) is 29.6 Å². The van der Waals surface area contributed by atoms with E-state index in [1.807, 2.05) is 0 Å². The minimum absolute atomic E-state index is 0.204. The lowest BCUT2D eigenvalue weighted by Gasteiger charge is -2.19. The van der Waals surface area contributed by atoms with Crippen molar-refractivity contribution < 1.29 is 27.4 Å². The Hall–Kier alpha value is -1.34. The van der Waals surface area contributed by atoms with Crippen LogP contribution in [0.25, 0.3) is 0 Å².